The minimum absolute atomic E-state index is 0.323. The van der Waals surface area contributed by atoms with Crippen LogP contribution in [0.1, 0.15) is 11.1 Å². The van der Waals surface area contributed by atoms with Gasteiger partial charge in [-0.2, -0.15) is 18.2 Å². The molecule has 140 valence electrons. The van der Waals surface area contributed by atoms with Crippen molar-refractivity contribution in [3.63, 3.8) is 0 Å². The minimum Gasteiger partial charge on any atom is -0.472 e. The molecule has 1 N–H and O–H groups in total. The Morgan fingerprint density at radius 3 is 2.31 bits per heavy atom. The van der Waals surface area contributed by atoms with Gasteiger partial charge in [-0.15, -0.1) is 0 Å². The number of piperazine rings is 1. The van der Waals surface area contributed by atoms with E-state index in [2.05, 4.69) is 10.3 Å². The SMILES string of the molecule is Fc1cccc(F)c1COc1nc(N2CCNCC2)ccc1C(F)(F)F. The van der Waals surface area contributed by atoms with Gasteiger partial charge in [0, 0.05) is 26.2 Å². The highest BCUT2D eigenvalue weighted by atomic mass is 19.4. The van der Waals surface area contributed by atoms with E-state index in [-0.39, 0.29) is 0 Å². The van der Waals surface area contributed by atoms with Gasteiger partial charge in [0.1, 0.15) is 29.6 Å². The lowest BCUT2D eigenvalue weighted by atomic mass is 10.2. The zero-order valence-electron chi connectivity index (χ0n) is 13.6. The number of halogens is 5. The topological polar surface area (TPSA) is 37.4 Å². The molecule has 0 unspecified atom stereocenters. The van der Waals surface area contributed by atoms with Crippen LogP contribution in [0.5, 0.6) is 5.88 Å². The van der Waals surface area contributed by atoms with Crippen LogP contribution in [0.4, 0.5) is 27.8 Å². The number of nitrogens with one attached hydrogen (secondary N) is 1. The zero-order chi connectivity index (χ0) is 18.7. The molecule has 0 aliphatic carbocycles. The standard InChI is InChI=1S/C17H16F5N3O/c18-13-2-1-3-14(19)11(13)10-26-16-12(17(20,21)22)4-5-15(24-16)25-8-6-23-7-9-25/h1-5,23H,6-10H2. The lowest BCUT2D eigenvalue weighted by molar-refractivity contribution is -0.139. The van der Waals surface area contributed by atoms with Crippen LogP contribution in [-0.4, -0.2) is 31.2 Å². The molecule has 1 aliphatic heterocycles. The number of benzene rings is 1. The van der Waals surface area contributed by atoms with E-state index < -0.39 is 41.4 Å². The van der Waals surface area contributed by atoms with Crippen molar-refractivity contribution in [1.29, 1.82) is 0 Å². The van der Waals surface area contributed by atoms with Crippen LogP contribution >= 0.6 is 0 Å². The number of anilines is 1. The summed E-state index contributed by atoms with van der Waals surface area (Å²) >= 11 is 0. The maximum atomic E-state index is 13.7. The Morgan fingerprint density at radius 1 is 1.04 bits per heavy atom. The molecule has 0 spiro atoms. The lowest BCUT2D eigenvalue weighted by Crippen LogP contribution is -2.43. The number of rotatable bonds is 4. The Kier molecular flexibility index (Phi) is 5.26. The molecule has 0 atom stereocenters. The highest BCUT2D eigenvalue weighted by Gasteiger charge is 2.36. The maximum absolute atomic E-state index is 13.7. The molecule has 1 aromatic heterocycles. The fraction of sp³-hybridized carbons (Fsp3) is 0.353. The summed E-state index contributed by atoms with van der Waals surface area (Å²) in [7, 11) is 0. The molecular formula is C17H16F5N3O. The van der Waals surface area contributed by atoms with Crippen molar-refractivity contribution < 1.29 is 26.7 Å². The Hall–Kier alpha value is -2.42. The monoisotopic (exact) mass is 373 g/mol. The van der Waals surface area contributed by atoms with Crippen LogP contribution in [0, 0.1) is 11.6 Å². The van der Waals surface area contributed by atoms with Crippen LogP contribution in [0.25, 0.3) is 0 Å². The number of pyridine rings is 1. The number of aromatic nitrogens is 1. The Balaban J connectivity index is 1.89. The van der Waals surface area contributed by atoms with Crippen molar-refractivity contribution >= 4 is 5.82 Å². The summed E-state index contributed by atoms with van der Waals surface area (Å²) < 4.78 is 72.1. The molecule has 2 heterocycles. The van der Waals surface area contributed by atoms with Crippen LogP contribution in [0.3, 0.4) is 0 Å². The van der Waals surface area contributed by atoms with E-state index in [1.807, 2.05) is 4.90 Å². The molecule has 3 rings (SSSR count). The van der Waals surface area contributed by atoms with Crippen molar-refractivity contribution in [2.45, 2.75) is 12.8 Å². The molecule has 1 fully saturated rings. The summed E-state index contributed by atoms with van der Waals surface area (Å²) in [5, 5.41) is 3.13. The third kappa shape index (κ3) is 4.04. The van der Waals surface area contributed by atoms with E-state index >= 15 is 0 Å². The van der Waals surface area contributed by atoms with E-state index in [1.54, 1.807) is 0 Å². The third-order valence-corrected chi connectivity index (χ3v) is 4.01. The molecular weight excluding hydrogens is 357 g/mol. The third-order valence-electron chi connectivity index (χ3n) is 4.01. The highest BCUT2D eigenvalue weighted by Crippen LogP contribution is 2.36. The second kappa shape index (κ2) is 7.45. The number of alkyl halides is 3. The lowest BCUT2D eigenvalue weighted by Gasteiger charge is -2.29. The van der Waals surface area contributed by atoms with E-state index in [9.17, 15) is 22.0 Å². The molecule has 4 nitrogen and oxygen atoms in total. The van der Waals surface area contributed by atoms with Gasteiger partial charge in [-0.1, -0.05) is 6.07 Å². The maximum Gasteiger partial charge on any atom is 0.421 e. The van der Waals surface area contributed by atoms with Crippen molar-refractivity contribution in [2.24, 2.45) is 0 Å². The van der Waals surface area contributed by atoms with E-state index in [0.717, 1.165) is 18.2 Å². The molecule has 0 radical (unpaired) electrons. The summed E-state index contributed by atoms with van der Waals surface area (Å²) in [6.45, 7) is 1.83. The molecule has 9 heteroatoms. The Bertz CT molecular complexity index is 755. The van der Waals surface area contributed by atoms with Crippen LogP contribution in [-0.2, 0) is 12.8 Å². The number of hydrogen-bond acceptors (Lipinski definition) is 4. The summed E-state index contributed by atoms with van der Waals surface area (Å²) in [6, 6.07) is 5.33. The predicted octanol–water partition coefficient (Wildman–Crippen LogP) is 3.37. The molecule has 2 aromatic rings. The molecule has 0 bridgehead atoms. The average Bonchev–Trinajstić information content (AvgIpc) is 2.61. The van der Waals surface area contributed by atoms with Gasteiger partial charge in [0.05, 0.1) is 5.56 Å². The van der Waals surface area contributed by atoms with Crippen LogP contribution < -0.4 is 15.0 Å². The smallest absolute Gasteiger partial charge is 0.421 e. The van der Waals surface area contributed by atoms with Crippen molar-refractivity contribution in [1.82, 2.24) is 10.3 Å². The largest absolute Gasteiger partial charge is 0.472 e. The first-order chi connectivity index (χ1) is 12.4. The van der Waals surface area contributed by atoms with Gasteiger partial charge in [-0.05, 0) is 24.3 Å². The molecule has 0 amide bonds. The Labute approximate surface area is 146 Å². The van der Waals surface area contributed by atoms with Crippen LogP contribution in [0.2, 0.25) is 0 Å². The van der Waals surface area contributed by atoms with Crippen molar-refractivity contribution in [3.05, 3.63) is 53.1 Å². The predicted molar refractivity (Wildman–Crippen MR) is 85.0 cm³/mol. The van der Waals surface area contributed by atoms with Crippen molar-refractivity contribution in [3.8, 4) is 5.88 Å². The van der Waals surface area contributed by atoms with Gasteiger partial charge < -0.3 is 15.0 Å². The average molecular weight is 373 g/mol. The molecule has 1 aromatic carbocycles. The van der Waals surface area contributed by atoms with Gasteiger partial charge in [-0.25, -0.2) is 8.78 Å². The van der Waals surface area contributed by atoms with Gasteiger partial charge in [0.2, 0.25) is 5.88 Å². The van der Waals surface area contributed by atoms with E-state index in [1.165, 1.54) is 12.1 Å². The summed E-state index contributed by atoms with van der Waals surface area (Å²) in [5.74, 6) is -2.16. The molecule has 1 aliphatic rings. The molecule has 1 saturated heterocycles. The minimum atomic E-state index is -4.70. The summed E-state index contributed by atoms with van der Waals surface area (Å²) in [4.78, 5) is 5.76. The first-order valence-electron chi connectivity index (χ1n) is 7.96. The first kappa shape index (κ1) is 18.4. The Morgan fingerprint density at radius 2 is 1.69 bits per heavy atom. The summed E-state index contributed by atoms with van der Waals surface area (Å²) in [6.07, 6.45) is -4.70. The number of ether oxygens (including phenoxy) is 1. The van der Waals surface area contributed by atoms with Gasteiger partial charge in [0.25, 0.3) is 0 Å². The quantitative estimate of drug-likeness (QED) is 0.834. The van der Waals surface area contributed by atoms with E-state index in [4.69, 9.17) is 4.74 Å². The summed E-state index contributed by atoms with van der Waals surface area (Å²) in [5.41, 5.74) is -1.54. The molecule has 26 heavy (non-hydrogen) atoms. The zero-order valence-corrected chi connectivity index (χ0v) is 13.6. The molecule has 0 saturated carbocycles. The highest BCUT2D eigenvalue weighted by molar-refractivity contribution is 5.45. The second-order valence-corrected chi connectivity index (χ2v) is 5.75. The second-order valence-electron chi connectivity index (χ2n) is 5.75. The number of nitrogens with zero attached hydrogens (tertiary/aromatic N) is 2. The van der Waals surface area contributed by atoms with Crippen LogP contribution in [0.15, 0.2) is 30.3 Å². The van der Waals surface area contributed by atoms with Gasteiger partial charge in [0.15, 0.2) is 0 Å². The van der Waals surface area contributed by atoms with Gasteiger partial charge in [-0.3, -0.25) is 0 Å². The fourth-order valence-corrected chi connectivity index (χ4v) is 2.64. The number of hydrogen-bond donors (Lipinski definition) is 1. The van der Waals surface area contributed by atoms with Gasteiger partial charge >= 0.3 is 6.18 Å². The first-order valence-corrected chi connectivity index (χ1v) is 7.96. The normalized spacial score (nSPS) is 15.2. The fourth-order valence-electron chi connectivity index (χ4n) is 2.64. The van der Waals surface area contributed by atoms with Crippen molar-refractivity contribution in [2.75, 3.05) is 31.1 Å². The van der Waals surface area contributed by atoms with E-state index in [0.29, 0.717) is 32.0 Å².